The van der Waals surface area contributed by atoms with Crippen molar-refractivity contribution in [3.63, 3.8) is 0 Å². The molecule has 0 aliphatic rings. The molecule has 0 aliphatic carbocycles. The van der Waals surface area contributed by atoms with E-state index in [9.17, 15) is 0 Å². The molecule has 11 heavy (non-hydrogen) atoms. The Kier molecular flexibility index (Phi) is 4.05. The largest absolute Gasteiger partial charge is 0.0949 e. The molecule has 1 aromatic rings. The average molecular weight is 184 g/mol. The zero-order valence-electron chi connectivity index (χ0n) is 7.02. The van der Waals surface area contributed by atoms with Crippen molar-refractivity contribution in [3.8, 4) is 0 Å². The Bertz CT molecular complexity index is 203. The lowest BCUT2D eigenvalue weighted by atomic mass is 10.2. The minimum atomic E-state index is 1.03. The fraction of sp³-hybridized carbons (Fsp3) is 0.333. The summed E-state index contributed by atoms with van der Waals surface area (Å²) in [5, 5.41) is 1.51. The second kappa shape index (κ2) is 4.86. The molecular weight excluding hydrogens is 170 g/mol. The molecule has 1 rings (SSSR count). The van der Waals surface area contributed by atoms with Gasteiger partial charge in [0.05, 0.1) is 0 Å². The fourth-order valence-corrected chi connectivity index (χ4v) is 3.18. The monoisotopic (exact) mass is 184 g/mol. The molecular formula is C9H14P2. The molecule has 0 fully saturated rings. The van der Waals surface area contributed by atoms with E-state index in [-0.39, 0.29) is 0 Å². The van der Waals surface area contributed by atoms with E-state index in [2.05, 4.69) is 38.1 Å². The second-order valence-electron chi connectivity index (χ2n) is 2.52. The standard InChI is InChI=1S/C9H14P2/c1-3-10-11-9-6-4-8(2)5-7-9/h4-7,10-11H,3H2,1-2H3. The lowest BCUT2D eigenvalue weighted by Gasteiger charge is -1.99. The molecule has 2 heteroatoms. The molecule has 0 saturated carbocycles. The van der Waals surface area contributed by atoms with E-state index in [1.165, 1.54) is 17.0 Å². The summed E-state index contributed by atoms with van der Waals surface area (Å²) in [6.45, 7) is 4.38. The van der Waals surface area contributed by atoms with Crippen LogP contribution in [-0.4, -0.2) is 6.16 Å². The Morgan fingerprint density at radius 1 is 1.18 bits per heavy atom. The van der Waals surface area contributed by atoms with Crippen molar-refractivity contribution >= 4 is 21.8 Å². The molecule has 0 radical (unpaired) electrons. The first-order valence-electron chi connectivity index (χ1n) is 3.88. The Morgan fingerprint density at radius 3 is 2.36 bits per heavy atom. The molecule has 0 N–H and O–H groups in total. The number of hydrogen-bond donors (Lipinski definition) is 0. The Balaban J connectivity index is 2.52. The van der Waals surface area contributed by atoms with Crippen LogP contribution in [0.15, 0.2) is 24.3 Å². The van der Waals surface area contributed by atoms with E-state index in [0.29, 0.717) is 0 Å². The van der Waals surface area contributed by atoms with Gasteiger partial charge in [0, 0.05) is 0 Å². The van der Waals surface area contributed by atoms with E-state index >= 15 is 0 Å². The maximum absolute atomic E-state index is 2.25. The van der Waals surface area contributed by atoms with E-state index in [1.54, 1.807) is 0 Å². The molecule has 0 aromatic heterocycles. The molecule has 0 nitrogen and oxygen atoms in total. The fourth-order valence-electron chi connectivity index (χ4n) is 0.827. The van der Waals surface area contributed by atoms with Gasteiger partial charge >= 0.3 is 0 Å². The minimum absolute atomic E-state index is 1.03. The first-order chi connectivity index (χ1) is 5.33. The Morgan fingerprint density at radius 2 is 1.82 bits per heavy atom. The van der Waals surface area contributed by atoms with Gasteiger partial charge in [-0.15, -0.1) is 0 Å². The van der Waals surface area contributed by atoms with Gasteiger partial charge in [0.25, 0.3) is 0 Å². The predicted octanol–water partition coefficient (Wildman–Crippen LogP) is 2.91. The summed E-state index contributed by atoms with van der Waals surface area (Å²) in [6, 6.07) is 8.89. The number of rotatable bonds is 3. The molecule has 2 atom stereocenters. The molecule has 0 spiro atoms. The third-order valence-electron chi connectivity index (χ3n) is 1.46. The van der Waals surface area contributed by atoms with E-state index in [0.717, 1.165) is 16.5 Å². The molecule has 0 heterocycles. The zero-order chi connectivity index (χ0) is 8.10. The summed E-state index contributed by atoms with van der Waals surface area (Å²) < 4.78 is 0. The van der Waals surface area contributed by atoms with Crippen molar-refractivity contribution in [3.05, 3.63) is 29.8 Å². The maximum Gasteiger partial charge on any atom is -0.0230 e. The van der Waals surface area contributed by atoms with Crippen molar-refractivity contribution in [2.75, 3.05) is 6.16 Å². The molecule has 0 saturated heterocycles. The minimum Gasteiger partial charge on any atom is -0.0949 e. The van der Waals surface area contributed by atoms with Crippen LogP contribution < -0.4 is 5.30 Å². The van der Waals surface area contributed by atoms with E-state index in [4.69, 9.17) is 0 Å². The van der Waals surface area contributed by atoms with Gasteiger partial charge in [0.2, 0.25) is 0 Å². The van der Waals surface area contributed by atoms with Gasteiger partial charge in [0.15, 0.2) is 0 Å². The van der Waals surface area contributed by atoms with Crippen molar-refractivity contribution in [1.29, 1.82) is 0 Å². The number of benzene rings is 1. The van der Waals surface area contributed by atoms with Gasteiger partial charge in [-0.25, -0.2) is 0 Å². The van der Waals surface area contributed by atoms with Crippen molar-refractivity contribution in [2.45, 2.75) is 13.8 Å². The first-order valence-corrected chi connectivity index (χ1v) is 7.09. The molecule has 60 valence electrons. The topological polar surface area (TPSA) is 0 Å². The lowest BCUT2D eigenvalue weighted by molar-refractivity contribution is 1.49. The third kappa shape index (κ3) is 3.32. The molecule has 0 aliphatic heterocycles. The summed E-state index contributed by atoms with van der Waals surface area (Å²) in [5.41, 5.74) is 1.36. The summed E-state index contributed by atoms with van der Waals surface area (Å²) in [4.78, 5) is 0. The van der Waals surface area contributed by atoms with Crippen LogP contribution in [0.5, 0.6) is 0 Å². The quantitative estimate of drug-likeness (QED) is 0.633. The Hall–Kier alpha value is 0.0800. The van der Waals surface area contributed by atoms with Gasteiger partial charge in [-0.1, -0.05) is 53.3 Å². The molecule has 1 aromatic carbocycles. The van der Waals surface area contributed by atoms with Crippen LogP contribution in [-0.2, 0) is 0 Å². The maximum atomic E-state index is 2.25. The van der Waals surface area contributed by atoms with Gasteiger partial charge in [-0.2, -0.15) is 0 Å². The highest BCUT2D eigenvalue weighted by Gasteiger charge is 1.89. The summed E-state index contributed by atoms with van der Waals surface area (Å²) in [7, 11) is 2.15. The first kappa shape index (κ1) is 9.17. The highest BCUT2D eigenvalue weighted by Crippen LogP contribution is 2.34. The van der Waals surface area contributed by atoms with Crippen LogP contribution in [0.2, 0.25) is 0 Å². The predicted molar refractivity (Wildman–Crippen MR) is 58.0 cm³/mol. The summed E-state index contributed by atoms with van der Waals surface area (Å²) >= 11 is 0. The lowest BCUT2D eigenvalue weighted by Crippen LogP contribution is -1.89. The second-order valence-corrected chi connectivity index (χ2v) is 6.22. The van der Waals surface area contributed by atoms with E-state index < -0.39 is 0 Å². The van der Waals surface area contributed by atoms with Crippen LogP contribution in [0.1, 0.15) is 12.5 Å². The normalized spacial score (nSPS) is 12.2. The number of hydrogen-bond acceptors (Lipinski definition) is 0. The van der Waals surface area contributed by atoms with E-state index in [1.807, 2.05) is 0 Å². The number of aryl methyl sites for hydroxylation is 1. The molecule has 2 unspecified atom stereocenters. The highest BCUT2D eigenvalue weighted by molar-refractivity contribution is 8.15. The third-order valence-corrected chi connectivity index (χ3v) is 5.07. The van der Waals surface area contributed by atoms with Crippen LogP contribution in [0.3, 0.4) is 0 Å². The smallest absolute Gasteiger partial charge is 0.0230 e. The molecule has 0 amide bonds. The molecule has 0 bridgehead atoms. The Labute approximate surface area is 72.3 Å². The summed E-state index contributed by atoms with van der Waals surface area (Å²) in [5.74, 6) is 0. The van der Waals surface area contributed by atoms with Crippen molar-refractivity contribution in [2.24, 2.45) is 0 Å². The SMILES string of the molecule is CCPPc1ccc(C)cc1. The van der Waals surface area contributed by atoms with Gasteiger partial charge in [-0.05, 0) is 18.4 Å². The zero-order valence-corrected chi connectivity index (χ0v) is 9.02. The van der Waals surface area contributed by atoms with Crippen LogP contribution >= 0.6 is 16.5 Å². The van der Waals surface area contributed by atoms with Crippen LogP contribution in [0.25, 0.3) is 0 Å². The van der Waals surface area contributed by atoms with Crippen LogP contribution in [0.4, 0.5) is 0 Å². The highest BCUT2D eigenvalue weighted by atomic mass is 32.0. The van der Waals surface area contributed by atoms with Crippen LogP contribution in [0, 0.1) is 6.92 Å². The summed E-state index contributed by atoms with van der Waals surface area (Å²) in [6.07, 6.45) is 1.33. The van der Waals surface area contributed by atoms with Gasteiger partial charge in [0.1, 0.15) is 0 Å². The van der Waals surface area contributed by atoms with Crippen molar-refractivity contribution < 1.29 is 0 Å². The van der Waals surface area contributed by atoms with Gasteiger partial charge in [-0.3, -0.25) is 0 Å². The van der Waals surface area contributed by atoms with Gasteiger partial charge < -0.3 is 0 Å². The average Bonchev–Trinajstić information content (AvgIpc) is 2.04. The van der Waals surface area contributed by atoms with Crippen molar-refractivity contribution in [1.82, 2.24) is 0 Å².